The van der Waals surface area contributed by atoms with Crippen LogP contribution < -0.4 is 10.6 Å². The lowest BCUT2D eigenvalue weighted by Gasteiger charge is -2.13. The molecule has 0 saturated heterocycles. The number of hydrogen-bond acceptors (Lipinski definition) is 2. The van der Waals surface area contributed by atoms with Crippen LogP contribution in [0.1, 0.15) is 26.5 Å². The summed E-state index contributed by atoms with van der Waals surface area (Å²) in [5.41, 5.74) is 1.14. The number of nitrogens with one attached hydrogen (secondary N) is 2. The average molecular weight is 226 g/mol. The van der Waals surface area contributed by atoms with E-state index in [4.69, 9.17) is 12.2 Å². The standard InChI is InChI=1S/C10H18N4S/c1-4-14-9(5-6-12-14)7-11-10(15)13-8(2)3/h5-6,8H,4,7H2,1-3H3,(H2,11,13,15). The summed E-state index contributed by atoms with van der Waals surface area (Å²) in [6.07, 6.45) is 1.80. The highest BCUT2D eigenvalue weighted by atomic mass is 32.1. The summed E-state index contributed by atoms with van der Waals surface area (Å²) in [6, 6.07) is 2.36. The number of hydrogen-bond donors (Lipinski definition) is 2. The Balaban J connectivity index is 2.40. The largest absolute Gasteiger partial charge is 0.361 e. The second-order valence-electron chi connectivity index (χ2n) is 3.62. The van der Waals surface area contributed by atoms with Crippen molar-refractivity contribution in [2.45, 2.75) is 39.9 Å². The van der Waals surface area contributed by atoms with Gasteiger partial charge in [-0.15, -0.1) is 0 Å². The minimum atomic E-state index is 0.362. The maximum atomic E-state index is 5.13. The van der Waals surface area contributed by atoms with Gasteiger partial charge in [-0.25, -0.2) is 0 Å². The van der Waals surface area contributed by atoms with Crippen molar-refractivity contribution >= 4 is 17.3 Å². The van der Waals surface area contributed by atoms with Gasteiger partial charge < -0.3 is 10.6 Å². The molecule has 1 rings (SSSR count). The molecule has 4 nitrogen and oxygen atoms in total. The molecule has 0 aliphatic rings. The van der Waals surface area contributed by atoms with E-state index in [1.165, 1.54) is 0 Å². The number of aromatic nitrogens is 2. The van der Waals surface area contributed by atoms with Crippen LogP contribution in [0.25, 0.3) is 0 Å². The Labute approximate surface area is 96.1 Å². The van der Waals surface area contributed by atoms with E-state index in [9.17, 15) is 0 Å². The highest BCUT2D eigenvalue weighted by Gasteiger charge is 2.02. The summed E-state index contributed by atoms with van der Waals surface area (Å²) in [5.74, 6) is 0. The van der Waals surface area contributed by atoms with Gasteiger partial charge in [0.15, 0.2) is 5.11 Å². The second kappa shape index (κ2) is 5.70. The van der Waals surface area contributed by atoms with Crippen molar-refractivity contribution in [1.82, 2.24) is 20.4 Å². The predicted molar refractivity (Wildman–Crippen MR) is 65.6 cm³/mol. The lowest BCUT2D eigenvalue weighted by molar-refractivity contribution is 0.609. The quantitative estimate of drug-likeness (QED) is 0.759. The van der Waals surface area contributed by atoms with Gasteiger partial charge in [0.05, 0.1) is 12.2 Å². The van der Waals surface area contributed by atoms with Crippen molar-refractivity contribution in [2.24, 2.45) is 0 Å². The van der Waals surface area contributed by atoms with E-state index in [1.54, 1.807) is 6.20 Å². The van der Waals surface area contributed by atoms with E-state index in [1.807, 2.05) is 10.7 Å². The van der Waals surface area contributed by atoms with Crippen LogP contribution in [0.5, 0.6) is 0 Å². The highest BCUT2D eigenvalue weighted by Crippen LogP contribution is 1.97. The number of nitrogens with zero attached hydrogens (tertiary/aromatic N) is 2. The minimum absolute atomic E-state index is 0.362. The molecule has 0 aromatic carbocycles. The van der Waals surface area contributed by atoms with Crippen LogP contribution in [-0.4, -0.2) is 20.9 Å². The lowest BCUT2D eigenvalue weighted by Crippen LogP contribution is -2.39. The molecule has 0 bridgehead atoms. The first kappa shape index (κ1) is 12.0. The van der Waals surface area contributed by atoms with Crippen molar-refractivity contribution in [2.75, 3.05) is 0 Å². The molecule has 0 atom stereocenters. The van der Waals surface area contributed by atoms with Crippen LogP contribution in [0.2, 0.25) is 0 Å². The lowest BCUT2D eigenvalue weighted by atomic mass is 10.4. The van der Waals surface area contributed by atoms with Crippen molar-refractivity contribution in [3.63, 3.8) is 0 Å². The molecular formula is C10H18N4S. The van der Waals surface area contributed by atoms with Crippen LogP contribution in [0, 0.1) is 0 Å². The van der Waals surface area contributed by atoms with E-state index < -0.39 is 0 Å². The number of rotatable bonds is 4. The number of aryl methyl sites for hydroxylation is 1. The molecule has 5 heteroatoms. The van der Waals surface area contributed by atoms with Crippen molar-refractivity contribution in [1.29, 1.82) is 0 Å². The average Bonchev–Trinajstić information content (AvgIpc) is 2.60. The summed E-state index contributed by atoms with van der Waals surface area (Å²) in [6.45, 7) is 7.79. The highest BCUT2D eigenvalue weighted by molar-refractivity contribution is 7.80. The Bertz CT molecular complexity index is 319. The van der Waals surface area contributed by atoms with E-state index in [-0.39, 0.29) is 0 Å². The van der Waals surface area contributed by atoms with Crippen LogP contribution in [-0.2, 0) is 13.1 Å². The fraction of sp³-hybridized carbons (Fsp3) is 0.600. The molecule has 0 spiro atoms. The van der Waals surface area contributed by atoms with Crippen LogP contribution >= 0.6 is 12.2 Å². The molecular weight excluding hydrogens is 208 g/mol. The van der Waals surface area contributed by atoms with E-state index >= 15 is 0 Å². The van der Waals surface area contributed by atoms with Gasteiger partial charge in [-0.3, -0.25) is 4.68 Å². The third kappa shape index (κ3) is 3.87. The Kier molecular flexibility index (Phi) is 4.55. The summed E-state index contributed by atoms with van der Waals surface area (Å²) >= 11 is 5.13. The molecule has 84 valence electrons. The van der Waals surface area contributed by atoms with Gasteiger partial charge in [0.25, 0.3) is 0 Å². The van der Waals surface area contributed by atoms with Crippen LogP contribution in [0.4, 0.5) is 0 Å². The molecule has 0 amide bonds. The van der Waals surface area contributed by atoms with Gasteiger partial charge in [-0.2, -0.15) is 5.10 Å². The first-order chi connectivity index (χ1) is 7.13. The predicted octanol–water partition coefficient (Wildman–Crippen LogP) is 1.28. The van der Waals surface area contributed by atoms with Gasteiger partial charge in [0, 0.05) is 18.8 Å². The van der Waals surface area contributed by atoms with Crippen LogP contribution in [0.15, 0.2) is 12.3 Å². The SMILES string of the molecule is CCn1nccc1CNC(=S)NC(C)C. The molecule has 0 saturated carbocycles. The third-order valence-corrected chi connectivity index (χ3v) is 2.22. The van der Waals surface area contributed by atoms with Gasteiger partial charge in [0.1, 0.15) is 0 Å². The van der Waals surface area contributed by atoms with Gasteiger partial charge in [0.2, 0.25) is 0 Å². The topological polar surface area (TPSA) is 41.9 Å². The van der Waals surface area contributed by atoms with Crippen molar-refractivity contribution in [3.05, 3.63) is 18.0 Å². The smallest absolute Gasteiger partial charge is 0.166 e. The first-order valence-electron chi connectivity index (χ1n) is 5.18. The van der Waals surface area contributed by atoms with Gasteiger partial charge >= 0.3 is 0 Å². The molecule has 2 N–H and O–H groups in total. The Morgan fingerprint density at radius 3 is 2.93 bits per heavy atom. The second-order valence-corrected chi connectivity index (χ2v) is 4.03. The fourth-order valence-corrected chi connectivity index (χ4v) is 1.59. The Morgan fingerprint density at radius 2 is 2.33 bits per heavy atom. The van der Waals surface area contributed by atoms with Crippen molar-refractivity contribution in [3.8, 4) is 0 Å². The molecule has 15 heavy (non-hydrogen) atoms. The molecule has 0 radical (unpaired) electrons. The normalized spacial score (nSPS) is 10.4. The Hall–Kier alpha value is -1.10. The fourth-order valence-electron chi connectivity index (χ4n) is 1.28. The minimum Gasteiger partial charge on any atom is -0.361 e. The molecule has 0 fully saturated rings. The summed E-state index contributed by atoms with van der Waals surface area (Å²) < 4.78 is 1.95. The zero-order chi connectivity index (χ0) is 11.3. The molecule has 1 aromatic rings. The molecule has 1 heterocycles. The maximum absolute atomic E-state index is 5.13. The van der Waals surface area contributed by atoms with E-state index in [2.05, 4.69) is 36.5 Å². The third-order valence-electron chi connectivity index (χ3n) is 1.95. The zero-order valence-corrected chi connectivity index (χ0v) is 10.3. The molecule has 0 unspecified atom stereocenters. The zero-order valence-electron chi connectivity index (χ0n) is 9.45. The number of thiocarbonyl (C=S) groups is 1. The Morgan fingerprint density at radius 1 is 1.60 bits per heavy atom. The van der Waals surface area contributed by atoms with E-state index in [0.717, 1.165) is 12.2 Å². The summed E-state index contributed by atoms with van der Waals surface area (Å²) in [5, 5.41) is 11.2. The first-order valence-corrected chi connectivity index (χ1v) is 5.59. The summed E-state index contributed by atoms with van der Waals surface area (Å²) in [4.78, 5) is 0. The summed E-state index contributed by atoms with van der Waals surface area (Å²) in [7, 11) is 0. The molecule has 0 aliphatic heterocycles. The van der Waals surface area contributed by atoms with Crippen LogP contribution in [0.3, 0.4) is 0 Å². The van der Waals surface area contributed by atoms with Gasteiger partial charge in [-0.05, 0) is 39.1 Å². The molecule has 0 aliphatic carbocycles. The monoisotopic (exact) mass is 226 g/mol. The van der Waals surface area contributed by atoms with Crippen molar-refractivity contribution < 1.29 is 0 Å². The van der Waals surface area contributed by atoms with E-state index in [0.29, 0.717) is 17.7 Å². The van der Waals surface area contributed by atoms with Gasteiger partial charge in [-0.1, -0.05) is 0 Å². The maximum Gasteiger partial charge on any atom is 0.166 e. The molecule has 1 aromatic heterocycles.